The monoisotopic (exact) mass is 1160 g/mol. The van der Waals surface area contributed by atoms with Gasteiger partial charge < -0.3 is 49.0 Å². The molecule has 20 nitrogen and oxygen atoms in total. The highest BCUT2D eigenvalue weighted by Gasteiger charge is 2.42. The minimum atomic E-state index is -0.518. The summed E-state index contributed by atoms with van der Waals surface area (Å²) in [6, 6.07) is 21.1. The summed E-state index contributed by atoms with van der Waals surface area (Å²) in [5.41, 5.74) is 9.58. The van der Waals surface area contributed by atoms with Crippen LogP contribution in [0, 0.1) is 22.7 Å². The lowest BCUT2D eigenvalue weighted by molar-refractivity contribution is -0.131. The van der Waals surface area contributed by atoms with E-state index in [2.05, 4.69) is 96.6 Å². The zero-order valence-corrected chi connectivity index (χ0v) is 50.4. The van der Waals surface area contributed by atoms with Gasteiger partial charge >= 0.3 is 0 Å². The van der Waals surface area contributed by atoms with Gasteiger partial charge in [0.15, 0.2) is 0 Å². The fourth-order valence-corrected chi connectivity index (χ4v) is 15.3. The summed E-state index contributed by atoms with van der Waals surface area (Å²) in [5.74, 6) is 2.31. The van der Waals surface area contributed by atoms with Crippen molar-refractivity contribution in [2.45, 2.75) is 139 Å². The fourth-order valence-electron chi connectivity index (χ4n) is 15.3. The lowest BCUT2D eigenvalue weighted by Crippen LogP contribution is -2.55. The number of hydrogen-bond acceptors (Lipinski definition) is 16. The van der Waals surface area contributed by atoms with Crippen molar-refractivity contribution in [2.75, 3.05) is 123 Å². The first kappa shape index (κ1) is 58.1. The van der Waals surface area contributed by atoms with Crippen LogP contribution in [0.15, 0.2) is 73.3 Å². The van der Waals surface area contributed by atoms with Crippen LogP contribution in [0.3, 0.4) is 0 Å². The van der Waals surface area contributed by atoms with E-state index in [1.54, 1.807) is 52.9 Å². The van der Waals surface area contributed by atoms with E-state index in [1.807, 2.05) is 0 Å². The molecule has 4 aromatic rings. The van der Waals surface area contributed by atoms with Gasteiger partial charge in [-0.1, -0.05) is 49.1 Å². The van der Waals surface area contributed by atoms with Crippen LogP contribution >= 0.6 is 0 Å². The summed E-state index contributed by atoms with van der Waals surface area (Å²) in [6.45, 7) is 9.92. The van der Waals surface area contributed by atoms with Crippen molar-refractivity contribution < 1.29 is 19.2 Å². The molecule has 20 heteroatoms. The van der Waals surface area contributed by atoms with Crippen LogP contribution in [-0.2, 0) is 57.7 Å². The summed E-state index contributed by atoms with van der Waals surface area (Å²) in [6.07, 6.45) is 17.3. The lowest BCUT2D eigenvalue weighted by atomic mass is 9.88. The molecule has 2 aliphatic carbocycles. The normalized spacial score (nSPS) is 23.7. The Hall–Kier alpha value is -8.26. The van der Waals surface area contributed by atoms with Crippen LogP contribution in [-0.4, -0.2) is 193 Å². The summed E-state index contributed by atoms with van der Waals surface area (Å²) < 4.78 is 0. The lowest BCUT2D eigenvalue weighted by Gasteiger charge is -2.43. The first-order chi connectivity index (χ1) is 41.9. The van der Waals surface area contributed by atoms with Gasteiger partial charge in [0.05, 0.1) is 48.5 Å². The molecule has 0 spiro atoms. The number of para-hydroxylation sites is 2. The van der Waals surface area contributed by atoms with E-state index in [9.17, 15) is 29.7 Å². The number of anilines is 6. The number of piperazine rings is 2. The Morgan fingerprint density at radius 3 is 1.55 bits per heavy atom. The van der Waals surface area contributed by atoms with Crippen LogP contribution < -0.4 is 29.4 Å². The van der Waals surface area contributed by atoms with Gasteiger partial charge in [-0.05, 0) is 106 Å². The van der Waals surface area contributed by atoms with Gasteiger partial charge in [0.2, 0.25) is 35.5 Å². The summed E-state index contributed by atoms with van der Waals surface area (Å²) in [5, 5.41) is 20.1. The van der Waals surface area contributed by atoms with Gasteiger partial charge in [0.25, 0.3) is 0 Å². The number of nitrogens with zero attached hydrogens (tertiary/aromatic N) is 16. The number of aromatic nitrogens is 4. The quantitative estimate of drug-likeness (QED) is 0.140. The van der Waals surface area contributed by atoms with Crippen molar-refractivity contribution in [2.24, 2.45) is 0 Å². The van der Waals surface area contributed by atoms with E-state index in [4.69, 9.17) is 19.9 Å². The standard InChI is InChI=1S/C66H82N16O4/c1-5-59(83)79-39-37-75(43-49(79)28-30-67)62-52-27-25-48(78-34-11-18-46-16-7-9-20-56(46)78)42-54(52)70-66(72-62)82-36-13-22-58(82)64(86)74(4)32-14-23-60(84)80-40-38-76(44-50(80)29-31-68)61-51-26-24-47(77-33-10-17-45-15-6-8-19-55(45)77)41-53(51)69-65(71-61)81-35-12-21-57(81)63(85)73(2)3/h5-9,14-16,19-20,23,47-50,57-58H,1,10-13,17-18,21-22,24-29,32-44H2,2-4H3/b23-14-/t47-,48-,49+,50+,57-,58+/m1/s1. The van der Waals surface area contributed by atoms with Gasteiger partial charge in [0, 0.05) is 147 Å². The molecule has 6 aliphatic heterocycles. The molecular formula is C66H82N16O4. The molecule has 0 N–H and O–H groups in total. The van der Waals surface area contributed by atoms with Gasteiger partial charge in [-0.25, -0.2) is 9.97 Å². The third-order valence-corrected chi connectivity index (χ3v) is 19.6. The maximum absolute atomic E-state index is 14.7. The van der Waals surface area contributed by atoms with Gasteiger partial charge in [0.1, 0.15) is 23.7 Å². The Balaban J connectivity index is 0.751. The van der Waals surface area contributed by atoms with E-state index >= 15 is 0 Å². The van der Waals surface area contributed by atoms with Crippen LogP contribution in [0.5, 0.6) is 0 Å². The Bertz CT molecular complexity index is 3350. The number of nitriles is 2. The molecule has 0 bridgehead atoms. The predicted molar refractivity (Wildman–Crippen MR) is 332 cm³/mol. The number of carbonyl (C=O) groups excluding carboxylic acids is 4. The van der Waals surface area contributed by atoms with E-state index in [0.29, 0.717) is 70.7 Å². The number of rotatable bonds is 14. The second-order valence-corrected chi connectivity index (χ2v) is 24.9. The molecule has 0 saturated carbocycles. The number of fused-ring (bicyclic) bond motifs is 4. The SMILES string of the molecule is C=CC(=O)N1CCN(c2nc(N3CCC[C@H]3C(=O)N(C)C/C=C\C(=O)N3CCN(c4nc(N5CCC[C@@H]5C(=O)N(C)C)nc5c4CC[C@@H](N4CCCc6ccccc64)C5)C[C@@H]3CC#N)nc3c2CC[C@@H](N2CCCc4ccccc42)C3)C[C@@H]1CC#N. The zero-order valence-electron chi connectivity index (χ0n) is 50.4. The van der Waals surface area contributed by atoms with E-state index < -0.39 is 12.1 Å². The highest BCUT2D eigenvalue weighted by atomic mass is 16.2. The third-order valence-electron chi connectivity index (χ3n) is 19.6. The first-order valence-electron chi connectivity index (χ1n) is 31.5. The number of amides is 4. The maximum atomic E-state index is 14.7. The highest BCUT2D eigenvalue weighted by molar-refractivity contribution is 5.89. The Morgan fingerprint density at radius 1 is 0.581 bits per heavy atom. The Kier molecular flexibility index (Phi) is 17.1. The molecule has 450 valence electrons. The molecule has 2 aromatic carbocycles. The summed E-state index contributed by atoms with van der Waals surface area (Å²) in [4.78, 5) is 97.6. The third kappa shape index (κ3) is 11.5. The second-order valence-electron chi connectivity index (χ2n) is 24.9. The zero-order chi connectivity index (χ0) is 59.6. The largest absolute Gasteiger partial charge is 0.368 e. The Morgan fingerprint density at radius 2 is 1.06 bits per heavy atom. The van der Waals surface area contributed by atoms with Crippen molar-refractivity contribution >= 4 is 58.5 Å². The molecule has 0 unspecified atom stereocenters. The van der Waals surface area contributed by atoms with Crippen molar-refractivity contribution in [1.29, 1.82) is 10.5 Å². The highest BCUT2D eigenvalue weighted by Crippen LogP contribution is 2.41. The maximum Gasteiger partial charge on any atom is 0.246 e. The fraction of sp³-hybridized carbons (Fsp3) is 0.545. The average molecular weight is 1160 g/mol. The van der Waals surface area contributed by atoms with Crippen molar-refractivity contribution in [1.82, 2.24) is 39.5 Å². The molecule has 8 heterocycles. The molecule has 86 heavy (non-hydrogen) atoms. The molecule has 6 atom stereocenters. The molecule has 12 rings (SSSR count). The topological polar surface area (TPSA) is 200 Å². The van der Waals surface area contributed by atoms with Crippen molar-refractivity contribution in [3.8, 4) is 12.1 Å². The minimum absolute atomic E-state index is 0.0418. The number of carbonyl (C=O) groups is 4. The second kappa shape index (κ2) is 25.4. The molecule has 4 amide bonds. The summed E-state index contributed by atoms with van der Waals surface area (Å²) in [7, 11) is 5.37. The molecular weight excluding hydrogens is 1080 g/mol. The van der Waals surface area contributed by atoms with Gasteiger partial charge in [-0.2, -0.15) is 20.5 Å². The van der Waals surface area contributed by atoms with Crippen LogP contribution in [0.4, 0.5) is 34.9 Å². The van der Waals surface area contributed by atoms with E-state index in [0.717, 1.165) is 131 Å². The minimum Gasteiger partial charge on any atom is -0.368 e. The Labute approximate surface area is 506 Å². The summed E-state index contributed by atoms with van der Waals surface area (Å²) >= 11 is 0. The van der Waals surface area contributed by atoms with Crippen molar-refractivity contribution in [3.63, 3.8) is 0 Å². The van der Waals surface area contributed by atoms with Gasteiger partial charge in [-0.15, -0.1) is 0 Å². The molecule has 4 fully saturated rings. The number of likely N-dealkylation sites (N-methyl/N-ethyl adjacent to an activating group) is 2. The van der Waals surface area contributed by atoms with E-state index in [1.165, 1.54) is 28.6 Å². The van der Waals surface area contributed by atoms with E-state index in [-0.39, 0.29) is 67.2 Å². The molecule has 8 aliphatic rings. The van der Waals surface area contributed by atoms with Crippen LogP contribution in [0.1, 0.15) is 97.8 Å². The molecule has 4 saturated heterocycles. The van der Waals surface area contributed by atoms with Crippen molar-refractivity contribution in [3.05, 3.63) is 107 Å². The number of aryl methyl sites for hydroxylation is 2. The predicted octanol–water partition coefficient (Wildman–Crippen LogP) is 5.68. The average Bonchev–Trinajstić information content (AvgIpc) is 3.41. The molecule has 0 radical (unpaired) electrons. The smallest absolute Gasteiger partial charge is 0.246 e. The number of hydrogen-bond donors (Lipinski definition) is 0. The van der Waals surface area contributed by atoms with Crippen LogP contribution in [0.25, 0.3) is 0 Å². The first-order valence-corrected chi connectivity index (χ1v) is 31.5. The number of benzene rings is 2. The van der Waals surface area contributed by atoms with Gasteiger partial charge in [-0.3, -0.25) is 19.2 Å². The van der Waals surface area contributed by atoms with Crippen LogP contribution in [0.2, 0.25) is 0 Å². The molecule has 2 aromatic heterocycles.